The van der Waals surface area contributed by atoms with Gasteiger partial charge in [0, 0.05) is 6.54 Å². The molecule has 0 bridgehead atoms. The van der Waals surface area contributed by atoms with Crippen LogP contribution in [-0.2, 0) is 0 Å². The molecule has 2 aromatic rings. The molecule has 2 rings (SSSR count). The Morgan fingerprint density at radius 2 is 1.61 bits per heavy atom. The summed E-state index contributed by atoms with van der Waals surface area (Å²) in [6, 6.07) is 14.8. The van der Waals surface area contributed by atoms with Gasteiger partial charge in [0.1, 0.15) is 12.4 Å². The third kappa shape index (κ3) is 2.90. The number of rotatable bonds is 4. The molecule has 0 heterocycles. The maximum Gasteiger partial charge on any atom is 0.122 e. The lowest BCUT2D eigenvalue weighted by molar-refractivity contribution is 0.326. The molecule has 18 heavy (non-hydrogen) atoms. The first-order chi connectivity index (χ1) is 8.70. The van der Waals surface area contributed by atoms with Crippen LogP contribution < -0.4 is 10.5 Å². The summed E-state index contributed by atoms with van der Waals surface area (Å²) in [4.78, 5) is 0. The van der Waals surface area contributed by atoms with E-state index in [0.717, 1.165) is 11.3 Å². The molecule has 2 nitrogen and oxygen atoms in total. The number of nitrogens with two attached hydrogens (primary N) is 1. The van der Waals surface area contributed by atoms with E-state index in [1.165, 1.54) is 16.7 Å². The number of benzene rings is 2. The summed E-state index contributed by atoms with van der Waals surface area (Å²) in [7, 11) is 0. The summed E-state index contributed by atoms with van der Waals surface area (Å²) < 4.78 is 5.57. The molecule has 2 heteroatoms. The molecule has 2 aromatic carbocycles. The van der Waals surface area contributed by atoms with Crippen LogP contribution in [0.2, 0.25) is 0 Å². The minimum atomic E-state index is 0.541. The van der Waals surface area contributed by atoms with Crippen LogP contribution in [0, 0.1) is 13.8 Å². The Hall–Kier alpha value is -1.80. The standard InChI is InChI=1S/C16H19NO/c1-12-3-5-14(6-4-12)15-7-8-16(13(2)11-15)18-10-9-17/h3-8,11H,9-10,17H2,1-2H3. The monoisotopic (exact) mass is 241 g/mol. The van der Waals surface area contributed by atoms with Crippen LogP contribution >= 0.6 is 0 Å². The van der Waals surface area contributed by atoms with Gasteiger partial charge in [0.25, 0.3) is 0 Å². The molecule has 0 unspecified atom stereocenters. The number of hydrogen-bond donors (Lipinski definition) is 1. The zero-order chi connectivity index (χ0) is 13.0. The Balaban J connectivity index is 2.25. The molecule has 0 aliphatic rings. The maximum absolute atomic E-state index is 5.57. The number of ether oxygens (including phenoxy) is 1. The van der Waals surface area contributed by atoms with Gasteiger partial charge in [0.15, 0.2) is 0 Å². The van der Waals surface area contributed by atoms with Gasteiger partial charge in [-0.05, 0) is 42.7 Å². The van der Waals surface area contributed by atoms with Gasteiger partial charge in [0.05, 0.1) is 0 Å². The average molecular weight is 241 g/mol. The van der Waals surface area contributed by atoms with Crippen LogP contribution in [0.3, 0.4) is 0 Å². The van der Waals surface area contributed by atoms with Gasteiger partial charge < -0.3 is 10.5 Å². The minimum absolute atomic E-state index is 0.541. The molecule has 94 valence electrons. The maximum atomic E-state index is 5.57. The highest BCUT2D eigenvalue weighted by molar-refractivity contribution is 5.65. The van der Waals surface area contributed by atoms with Crippen molar-refractivity contribution in [1.82, 2.24) is 0 Å². The van der Waals surface area contributed by atoms with Crippen LogP contribution in [0.5, 0.6) is 5.75 Å². The van der Waals surface area contributed by atoms with Crippen molar-refractivity contribution in [2.45, 2.75) is 13.8 Å². The van der Waals surface area contributed by atoms with Gasteiger partial charge in [-0.1, -0.05) is 35.9 Å². The van der Waals surface area contributed by atoms with E-state index < -0.39 is 0 Å². The van der Waals surface area contributed by atoms with Crippen LogP contribution in [0.1, 0.15) is 11.1 Å². The summed E-state index contributed by atoms with van der Waals surface area (Å²) in [5.41, 5.74) is 10.3. The van der Waals surface area contributed by atoms with Crippen LogP contribution in [-0.4, -0.2) is 13.2 Å². The summed E-state index contributed by atoms with van der Waals surface area (Å²) in [5.74, 6) is 0.913. The lowest BCUT2D eigenvalue weighted by atomic mass is 10.0. The molecule has 0 aliphatic carbocycles. The average Bonchev–Trinajstić information content (AvgIpc) is 2.38. The summed E-state index contributed by atoms with van der Waals surface area (Å²) in [6.45, 7) is 5.26. The molecular formula is C16H19NO. The van der Waals surface area contributed by atoms with E-state index in [9.17, 15) is 0 Å². The Morgan fingerprint density at radius 1 is 0.944 bits per heavy atom. The molecule has 0 amide bonds. The highest BCUT2D eigenvalue weighted by Crippen LogP contribution is 2.26. The topological polar surface area (TPSA) is 35.2 Å². The quantitative estimate of drug-likeness (QED) is 0.891. The molecule has 2 N–H and O–H groups in total. The van der Waals surface area contributed by atoms with E-state index in [1.54, 1.807) is 0 Å². The highest BCUT2D eigenvalue weighted by atomic mass is 16.5. The van der Waals surface area contributed by atoms with Gasteiger partial charge in [-0.2, -0.15) is 0 Å². The van der Waals surface area contributed by atoms with Crippen molar-refractivity contribution >= 4 is 0 Å². The predicted molar refractivity (Wildman–Crippen MR) is 75.9 cm³/mol. The Kier molecular flexibility index (Phi) is 4.00. The van der Waals surface area contributed by atoms with Crippen LogP contribution in [0.15, 0.2) is 42.5 Å². The van der Waals surface area contributed by atoms with Gasteiger partial charge in [0.2, 0.25) is 0 Å². The van der Waals surface area contributed by atoms with Gasteiger partial charge in [-0.15, -0.1) is 0 Å². The molecule has 0 spiro atoms. The van der Waals surface area contributed by atoms with Crippen molar-refractivity contribution < 1.29 is 4.74 Å². The Morgan fingerprint density at radius 3 is 2.22 bits per heavy atom. The van der Waals surface area contributed by atoms with E-state index >= 15 is 0 Å². The molecule has 0 fully saturated rings. The second-order valence-electron chi connectivity index (χ2n) is 4.48. The van der Waals surface area contributed by atoms with E-state index in [2.05, 4.69) is 50.2 Å². The first-order valence-electron chi connectivity index (χ1n) is 6.21. The SMILES string of the molecule is Cc1ccc(-c2ccc(OCCN)c(C)c2)cc1. The van der Waals surface area contributed by atoms with E-state index in [1.807, 2.05) is 6.07 Å². The van der Waals surface area contributed by atoms with Crippen molar-refractivity contribution in [2.75, 3.05) is 13.2 Å². The van der Waals surface area contributed by atoms with Crippen molar-refractivity contribution in [3.8, 4) is 16.9 Å². The molecule has 0 aliphatic heterocycles. The summed E-state index contributed by atoms with van der Waals surface area (Å²) in [6.07, 6.45) is 0. The lowest BCUT2D eigenvalue weighted by Crippen LogP contribution is -2.11. The molecule has 0 atom stereocenters. The van der Waals surface area contributed by atoms with E-state index in [0.29, 0.717) is 13.2 Å². The molecule has 0 radical (unpaired) electrons. The van der Waals surface area contributed by atoms with E-state index in [4.69, 9.17) is 10.5 Å². The first-order valence-corrected chi connectivity index (χ1v) is 6.21. The van der Waals surface area contributed by atoms with Gasteiger partial charge in [-0.3, -0.25) is 0 Å². The van der Waals surface area contributed by atoms with E-state index in [-0.39, 0.29) is 0 Å². The predicted octanol–water partition coefficient (Wildman–Crippen LogP) is 3.31. The largest absolute Gasteiger partial charge is 0.492 e. The second-order valence-corrected chi connectivity index (χ2v) is 4.48. The summed E-state index contributed by atoms with van der Waals surface area (Å²) in [5, 5.41) is 0. The molecule has 0 saturated carbocycles. The fourth-order valence-corrected chi connectivity index (χ4v) is 1.91. The van der Waals surface area contributed by atoms with Crippen LogP contribution in [0.25, 0.3) is 11.1 Å². The second kappa shape index (κ2) is 5.69. The fraction of sp³-hybridized carbons (Fsp3) is 0.250. The molecule has 0 aromatic heterocycles. The normalized spacial score (nSPS) is 10.4. The van der Waals surface area contributed by atoms with Crippen molar-refractivity contribution in [1.29, 1.82) is 0 Å². The Bertz CT molecular complexity index is 517. The van der Waals surface area contributed by atoms with Crippen molar-refractivity contribution in [3.05, 3.63) is 53.6 Å². The Labute approximate surface area is 108 Å². The zero-order valence-electron chi connectivity index (χ0n) is 10.9. The lowest BCUT2D eigenvalue weighted by Gasteiger charge is -2.10. The molecule has 0 saturated heterocycles. The smallest absolute Gasteiger partial charge is 0.122 e. The van der Waals surface area contributed by atoms with Crippen molar-refractivity contribution in [2.24, 2.45) is 5.73 Å². The third-order valence-electron chi connectivity index (χ3n) is 2.94. The zero-order valence-corrected chi connectivity index (χ0v) is 10.9. The fourth-order valence-electron chi connectivity index (χ4n) is 1.91. The number of aryl methyl sites for hydroxylation is 2. The minimum Gasteiger partial charge on any atom is -0.492 e. The van der Waals surface area contributed by atoms with Crippen molar-refractivity contribution in [3.63, 3.8) is 0 Å². The first kappa shape index (κ1) is 12.7. The summed E-state index contributed by atoms with van der Waals surface area (Å²) >= 11 is 0. The van der Waals surface area contributed by atoms with Crippen LogP contribution in [0.4, 0.5) is 0 Å². The third-order valence-corrected chi connectivity index (χ3v) is 2.94. The van der Waals surface area contributed by atoms with Gasteiger partial charge in [-0.25, -0.2) is 0 Å². The van der Waals surface area contributed by atoms with Gasteiger partial charge >= 0.3 is 0 Å². The highest BCUT2D eigenvalue weighted by Gasteiger charge is 2.02. The molecular weight excluding hydrogens is 222 g/mol. The number of hydrogen-bond acceptors (Lipinski definition) is 2.